The highest BCUT2D eigenvalue weighted by atomic mass is 35.5. The van der Waals surface area contributed by atoms with Crippen LogP contribution in [0.1, 0.15) is 79.8 Å². The number of sulfonamides is 1. The number of amides is 1. The highest BCUT2D eigenvalue weighted by Crippen LogP contribution is 2.47. The van der Waals surface area contributed by atoms with Crippen molar-refractivity contribution in [2.75, 3.05) is 44.9 Å². The molecule has 1 N–H and O–H groups in total. The Bertz CT molecular complexity index is 1640. The van der Waals surface area contributed by atoms with Gasteiger partial charge in [0.25, 0.3) is 5.91 Å². The van der Waals surface area contributed by atoms with Gasteiger partial charge in [0.1, 0.15) is 5.75 Å². The van der Waals surface area contributed by atoms with Gasteiger partial charge in [0.05, 0.1) is 36.9 Å². The molecule has 7 rings (SSSR count). The smallest absolute Gasteiger partial charge is 0.264 e. The second-order valence-corrected chi connectivity index (χ2v) is 17.3. The summed E-state index contributed by atoms with van der Waals surface area (Å²) in [4.78, 5) is 16.1. The molecule has 0 saturated heterocycles. The number of carbonyl (C=O) groups is 1. The van der Waals surface area contributed by atoms with Crippen LogP contribution in [0.4, 0.5) is 5.69 Å². The van der Waals surface area contributed by atoms with E-state index < -0.39 is 21.2 Å². The summed E-state index contributed by atoms with van der Waals surface area (Å²) in [6.07, 6.45) is 12.6. The van der Waals surface area contributed by atoms with E-state index in [9.17, 15) is 13.2 Å². The Hall–Kier alpha value is -2.59. The van der Waals surface area contributed by atoms with Crippen molar-refractivity contribution in [3.8, 4) is 5.75 Å². The number of rotatable bonds is 6. The fourth-order valence-corrected chi connectivity index (χ4v) is 10.5. The molecule has 5 aliphatic rings. The molecule has 10 heteroatoms. The summed E-state index contributed by atoms with van der Waals surface area (Å²) in [5, 5.41) is 0.0918. The van der Waals surface area contributed by atoms with E-state index in [2.05, 4.69) is 33.9 Å². The molecule has 3 aliphatic carbocycles. The van der Waals surface area contributed by atoms with E-state index in [1.165, 1.54) is 11.1 Å². The van der Waals surface area contributed by atoms with Gasteiger partial charge in [-0.05, 0) is 110 Å². The van der Waals surface area contributed by atoms with E-state index in [1.807, 2.05) is 25.1 Å². The number of benzene rings is 2. The van der Waals surface area contributed by atoms with Crippen LogP contribution in [-0.4, -0.2) is 65.7 Å². The molecular formula is C38H49ClN2O6S. The number of aryl methyl sites for hydroxylation is 1. The molecule has 260 valence electrons. The maximum absolute atomic E-state index is 13.9. The lowest BCUT2D eigenvalue weighted by molar-refractivity contribution is -0.0309. The Morgan fingerprint density at radius 2 is 1.96 bits per heavy atom. The summed E-state index contributed by atoms with van der Waals surface area (Å²) in [6.45, 7) is 5.04. The summed E-state index contributed by atoms with van der Waals surface area (Å²) in [6, 6.07) is 11.6. The molecule has 2 fully saturated rings. The molecule has 0 aromatic heterocycles. The molecule has 1 amide bonds. The van der Waals surface area contributed by atoms with Crippen LogP contribution >= 0.6 is 11.6 Å². The van der Waals surface area contributed by atoms with Gasteiger partial charge in [0.15, 0.2) is 0 Å². The van der Waals surface area contributed by atoms with E-state index in [1.54, 1.807) is 13.2 Å². The van der Waals surface area contributed by atoms with Crippen molar-refractivity contribution in [3.05, 3.63) is 70.3 Å². The Labute approximate surface area is 290 Å². The number of ether oxygens (including phenoxy) is 3. The van der Waals surface area contributed by atoms with E-state index in [-0.39, 0.29) is 17.4 Å². The minimum absolute atomic E-state index is 0.0854. The van der Waals surface area contributed by atoms with E-state index in [0.29, 0.717) is 56.0 Å². The number of hydrogen-bond donors (Lipinski definition) is 1. The van der Waals surface area contributed by atoms with Crippen molar-refractivity contribution < 1.29 is 27.4 Å². The van der Waals surface area contributed by atoms with Crippen molar-refractivity contribution in [3.63, 3.8) is 0 Å². The minimum Gasteiger partial charge on any atom is -0.490 e. The second kappa shape index (κ2) is 14.0. The zero-order valence-electron chi connectivity index (χ0n) is 28.2. The molecule has 2 aromatic carbocycles. The van der Waals surface area contributed by atoms with Crippen LogP contribution < -0.4 is 14.4 Å². The van der Waals surface area contributed by atoms with Crippen molar-refractivity contribution in [1.82, 2.24) is 4.72 Å². The van der Waals surface area contributed by atoms with Crippen LogP contribution in [0.3, 0.4) is 0 Å². The summed E-state index contributed by atoms with van der Waals surface area (Å²) in [5.74, 6) is 1.07. The number of allylic oxidation sites excluding steroid dienone is 1. The lowest BCUT2D eigenvalue weighted by atomic mass is 9.68. The van der Waals surface area contributed by atoms with Crippen molar-refractivity contribution in [2.45, 2.75) is 81.5 Å². The number of carbonyl (C=O) groups excluding carboxylic acids is 1. The zero-order chi connectivity index (χ0) is 33.5. The first-order valence-corrected chi connectivity index (χ1v) is 19.7. The summed E-state index contributed by atoms with van der Waals surface area (Å²) in [7, 11) is -2.24. The lowest BCUT2D eigenvalue weighted by Gasteiger charge is -2.46. The molecule has 6 atom stereocenters. The average molecular weight is 697 g/mol. The molecule has 2 heterocycles. The number of anilines is 1. The SMILES string of the molecule is COCCO[C@H]1/C=C\C[C@@H](C)[C@@H](CC2CC2)S(=O)(=O)NC(=O)c2ccc3c(c2)N(C[C@@H]2CC[C@H]21)C[C@@]1(CCCc2cc(Cl)ccc21)CO3. The third-order valence-corrected chi connectivity index (χ3v) is 13.8. The van der Waals surface area contributed by atoms with Gasteiger partial charge in [-0.3, -0.25) is 4.79 Å². The number of fused-ring (bicyclic) bond motifs is 4. The number of halogens is 1. The fraction of sp³-hybridized carbons (Fsp3) is 0.605. The third-order valence-electron chi connectivity index (χ3n) is 11.6. The number of nitrogens with one attached hydrogen (secondary N) is 1. The van der Waals surface area contributed by atoms with Crippen LogP contribution in [0.25, 0.3) is 0 Å². The average Bonchev–Trinajstić information content (AvgIpc) is 3.88. The van der Waals surface area contributed by atoms with Crippen LogP contribution in [0.15, 0.2) is 48.6 Å². The molecule has 2 bridgehead atoms. The zero-order valence-corrected chi connectivity index (χ0v) is 29.7. The van der Waals surface area contributed by atoms with Crippen molar-refractivity contribution in [2.24, 2.45) is 23.7 Å². The van der Waals surface area contributed by atoms with Crippen LogP contribution in [0.5, 0.6) is 5.75 Å². The van der Waals surface area contributed by atoms with E-state index in [4.69, 9.17) is 25.8 Å². The Balaban J connectivity index is 1.28. The van der Waals surface area contributed by atoms with Gasteiger partial charge in [-0.2, -0.15) is 0 Å². The van der Waals surface area contributed by atoms with Crippen LogP contribution in [0.2, 0.25) is 5.02 Å². The molecule has 2 saturated carbocycles. The first kappa shape index (κ1) is 33.9. The number of hydrogen-bond acceptors (Lipinski definition) is 7. The van der Waals surface area contributed by atoms with E-state index in [0.717, 1.165) is 74.5 Å². The Kier molecular flexibility index (Phi) is 9.86. The normalized spacial score (nSPS) is 32.2. The summed E-state index contributed by atoms with van der Waals surface area (Å²) >= 11 is 6.45. The topological polar surface area (TPSA) is 94.2 Å². The van der Waals surface area contributed by atoms with Gasteiger partial charge in [-0.15, -0.1) is 0 Å². The van der Waals surface area contributed by atoms with Gasteiger partial charge in [-0.1, -0.05) is 49.6 Å². The molecule has 0 radical (unpaired) electrons. The fourth-order valence-electron chi connectivity index (χ4n) is 8.57. The van der Waals surface area contributed by atoms with Gasteiger partial charge >= 0.3 is 0 Å². The van der Waals surface area contributed by atoms with Gasteiger partial charge < -0.3 is 19.1 Å². The maximum atomic E-state index is 13.9. The van der Waals surface area contributed by atoms with Gasteiger partial charge in [0, 0.05) is 36.2 Å². The lowest BCUT2D eigenvalue weighted by Crippen LogP contribution is -2.49. The molecule has 0 unspecified atom stereocenters. The monoisotopic (exact) mass is 696 g/mol. The van der Waals surface area contributed by atoms with E-state index >= 15 is 0 Å². The second-order valence-electron chi connectivity index (χ2n) is 15.0. The Morgan fingerprint density at radius 1 is 1.10 bits per heavy atom. The largest absolute Gasteiger partial charge is 0.490 e. The molecule has 8 nitrogen and oxygen atoms in total. The standard InChI is InChI=1S/C38H49ClN2O6S/c1-25-5-3-7-34(46-18-17-45-2)31-13-10-29(31)22-41-23-38(16-4-6-27-20-30(39)12-14-32(27)38)24-47-35-15-11-28(21-33(35)41)37(42)40-48(43,44)36(25)19-26-8-9-26/h3,7,11-12,14-15,20-21,25-26,29,31,34,36H,4-6,8-10,13,16-19,22-24H2,1-2H3,(H,40,42)/b7-3-/t25-,29+,31-,34+,36-,38+/m1/s1. The summed E-state index contributed by atoms with van der Waals surface area (Å²) < 4.78 is 48.7. The Morgan fingerprint density at radius 3 is 2.73 bits per heavy atom. The molecular weight excluding hydrogens is 648 g/mol. The third kappa shape index (κ3) is 7.03. The van der Waals surface area contributed by atoms with Crippen LogP contribution in [-0.2, 0) is 31.3 Å². The van der Waals surface area contributed by atoms with Crippen LogP contribution in [0, 0.1) is 23.7 Å². The molecule has 2 aromatic rings. The maximum Gasteiger partial charge on any atom is 0.264 e. The highest BCUT2D eigenvalue weighted by molar-refractivity contribution is 7.90. The first-order chi connectivity index (χ1) is 23.2. The quantitative estimate of drug-likeness (QED) is 0.266. The molecule has 1 spiro atoms. The predicted molar refractivity (Wildman–Crippen MR) is 188 cm³/mol. The van der Waals surface area contributed by atoms with Gasteiger partial charge in [0.2, 0.25) is 10.0 Å². The minimum atomic E-state index is -3.93. The summed E-state index contributed by atoms with van der Waals surface area (Å²) in [5.41, 5.74) is 3.48. The van der Waals surface area contributed by atoms with Crippen molar-refractivity contribution >= 4 is 33.2 Å². The first-order valence-electron chi connectivity index (χ1n) is 17.8. The predicted octanol–water partition coefficient (Wildman–Crippen LogP) is 6.70. The number of methoxy groups -OCH3 is 1. The van der Waals surface area contributed by atoms with Gasteiger partial charge in [-0.25, -0.2) is 13.1 Å². The van der Waals surface area contributed by atoms with Crippen molar-refractivity contribution in [1.29, 1.82) is 0 Å². The molecule has 2 aliphatic heterocycles. The molecule has 48 heavy (non-hydrogen) atoms. The number of nitrogens with zero attached hydrogens (tertiary/aromatic N) is 1. The highest BCUT2D eigenvalue weighted by Gasteiger charge is 2.45.